The number of hydrogen-bond acceptors (Lipinski definition) is 5. The van der Waals surface area contributed by atoms with Crippen LogP contribution in [-0.2, 0) is 39.6 Å². The van der Waals surface area contributed by atoms with Gasteiger partial charge in [-0.3, -0.25) is 14.6 Å². The number of amides is 3. The van der Waals surface area contributed by atoms with E-state index in [0.29, 0.717) is 48.4 Å². The molecule has 2 aliphatic heterocycles. The second-order valence-corrected chi connectivity index (χ2v) is 9.77. The molecule has 0 aromatic heterocycles. The lowest BCUT2D eigenvalue weighted by atomic mass is 9.88. The van der Waals surface area contributed by atoms with E-state index in [0.717, 1.165) is 17.6 Å². The van der Waals surface area contributed by atoms with E-state index in [1.54, 1.807) is 26.0 Å². The van der Waals surface area contributed by atoms with E-state index in [9.17, 15) is 40.7 Å². The molecule has 41 heavy (non-hydrogen) atoms. The third-order valence-electron chi connectivity index (χ3n) is 7.16. The molecule has 0 aliphatic carbocycles. The van der Waals surface area contributed by atoms with Gasteiger partial charge in [0.1, 0.15) is 0 Å². The van der Waals surface area contributed by atoms with E-state index in [4.69, 9.17) is 9.47 Å². The van der Waals surface area contributed by atoms with E-state index >= 15 is 0 Å². The number of alkyl halides is 6. The van der Waals surface area contributed by atoms with Gasteiger partial charge in [-0.2, -0.15) is 26.3 Å². The molecule has 2 aromatic carbocycles. The normalized spacial score (nSPS) is 18.5. The maximum absolute atomic E-state index is 13.5. The number of carbonyl (C=O) groups excluding carboxylic acids is 3. The summed E-state index contributed by atoms with van der Waals surface area (Å²) in [7, 11) is 1.04. The summed E-state index contributed by atoms with van der Waals surface area (Å²) >= 11 is 0. The molecular weight excluding hydrogens is 560 g/mol. The van der Waals surface area contributed by atoms with Crippen molar-refractivity contribution in [1.29, 1.82) is 0 Å². The number of rotatable bonds is 5. The summed E-state index contributed by atoms with van der Waals surface area (Å²) in [6.45, 7) is 3.09. The number of carbonyl (C=O) groups is 3. The van der Waals surface area contributed by atoms with E-state index in [1.807, 2.05) is 0 Å². The van der Waals surface area contributed by atoms with Crippen molar-refractivity contribution in [3.8, 4) is 0 Å². The summed E-state index contributed by atoms with van der Waals surface area (Å²) < 4.78 is 91.3. The molecule has 0 spiro atoms. The van der Waals surface area contributed by atoms with E-state index in [1.165, 1.54) is 9.80 Å². The first-order chi connectivity index (χ1) is 19.2. The van der Waals surface area contributed by atoms with Crippen LogP contribution >= 0.6 is 0 Å². The van der Waals surface area contributed by atoms with Crippen LogP contribution in [0.25, 0.3) is 0 Å². The van der Waals surface area contributed by atoms with Crippen molar-refractivity contribution in [2.24, 2.45) is 0 Å². The highest BCUT2D eigenvalue weighted by Crippen LogP contribution is 2.46. The van der Waals surface area contributed by atoms with Crippen LogP contribution in [0.5, 0.6) is 0 Å². The molecule has 14 heteroatoms. The summed E-state index contributed by atoms with van der Waals surface area (Å²) in [6.07, 6.45) is -10.7. The first-order valence-electron chi connectivity index (χ1n) is 12.7. The molecule has 4 rings (SSSR count). The minimum atomic E-state index is -5.07. The number of benzene rings is 2. The molecule has 0 radical (unpaired) electrons. The van der Waals surface area contributed by atoms with Gasteiger partial charge >= 0.3 is 24.5 Å². The molecule has 0 N–H and O–H groups in total. The van der Waals surface area contributed by atoms with Crippen molar-refractivity contribution in [2.45, 2.75) is 57.7 Å². The number of nitrogens with zero attached hydrogens (tertiary/aromatic N) is 3. The Morgan fingerprint density at radius 3 is 2.20 bits per heavy atom. The average Bonchev–Trinajstić information content (AvgIpc) is 3.30. The zero-order valence-corrected chi connectivity index (χ0v) is 22.3. The van der Waals surface area contributed by atoms with Crippen LogP contribution in [0.15, 0.2) is 30.3 Å². The summed E-state index contributed by atoms with van der Waals surface area (Å²) in [6, 6.07) is 2.89. The minimum Gasteiger partial charge on any atom is -0.453 e. The second-order valence-electron chi connectivity index (χ2n) is 9.77. The van der Waals surface area contributed by atoms with Gasteiger partial charge in [0, 0.05) is 30.4 Å². The molecule has 8 nitrogen and oxygen atoms in total. The van der Waals surface area contributed by atoms with Gasteiger partial charge in [0.25, 0.3) is 0 Å². The van der Waals surface area contributed by atoms with Crippen LogP contribution < -0.4 is 9.80 Å². The molecule has 2 heterocycles. The lowest BCUT2D eigenvalue weighted by Crippen LogP contribution is -2.47. The first kappa shape index (κ1) is 30.0. The fraction of sp³-hybridized carbons (Fsp3) is 0.444. The maximum Gasteiger partial charge on any atom is 0.416 e. The Hall–Kier alpha value is -3.97. The van der Waals surface area contributed by atoms with Crippen LogP contribution in [-0.4, -0.2) is 49.8 Å². The van der Waals surface area contributed by atoms with Gasteiger partial charge in [-0.1, -0.05) is 0 Å². The predicted octanol–water partition coefficient (Wildman–Crippen LogP) is 6.31. The van der Waals surface area contributed by atoms with Crippen molar-refractivity contribution >= 4 is 30.0 Å². The maximum atomic E-state index is 13.5. The molecule has 2 atom stereocenters. The smallest absolute Gasteiger partial charge is 0.416 e. The van der Waals surface area contributed by atoms with Crippen LogP contribution in [0.2, 0.25) is 0 Å². The molecule has 0 saturated heterocycles. The Kier molecular flexibility index (Phi) is 8.14. The van der Waals surface area contributed by atoms with Gasteiger partial charge in [-0.25, -0.2) is 9.59 Å². The molecule has 2 aliphatic rings. The fourth-order valence-electron chi connectivity index (χ4n) is 5.34. The van der Waals surface area contributed by atoms with E-state index in [2.05, 4.69) is 0 Å². The predicted molar refractivity (Wildman–Crippen MR) is 134 cm³/mol. The molecule has 2 unspecified atom stereocenters. The van der Waals surface area contributed by atoms with Gasteiger partial charge in [-0.05, 0) is 68.1 Å². The monoisotopic (exact) mass is 587 g/mol. The Bertz CT molecular complexity index is 1310. The SMILES string of the molecule is CCOC(=O)N1c2cc3c(cc2C(N(Cc2cc(C(F)(F)F)cc(C(F)(F)F)c2)C(=O)OC)CC1C)N(C=O)CC3. The first-order valence-corrected chi connectivity index (χ1v) is 12.7. The van der Waals surface area contributed by atoms with Crippen LogP contribution in [0, 0.1) is 0 Å². The zero-order valence-electron chi connectivity index (χ0n) is 22.3. The number of halogens is 6. The number of anilines is 2. The average molecular weight is 588 g/mol. The number of fused-ring (bicyclic) bond motifs is 2. The zero-order chi connectivity index (χ0) is 30.3. The lowest BCUT2D eigenvalue weighted by molar-refractivity contribution is -0.143. The highest BCUT2D eigenvalue weighted by Gasteiger charge is 2.42. The molecule has 2 aromatic rings. The van der Waals surface area contributed by atoms with Gasteiger partial charge in [0.05, 0.1) is 36.6 Å². The van der Waals surface area contributed by atoms with Gasteiger partial charge in [0.15, 0.2) is 0 Å². The third kappa shape index (κ3) is 5.91. The van der Waals surface area contributed by atoms with Crippen molar-refractivity contribution in [1.82, 2.24) is 4.90 Å². The molecule has 222 valence electrons. The van der Waals surface area contributed by atoms with Gasteiger partial charge in [0.2, 0.25) is 6.41 Å². The van der Waals surface area contributed by atoms with E-state index in [-0.39, 0.29) is 19.1 Å². The number of methoxy groups -OCH3 is 1. The number of hydrogen-bond donors (Lipinski definition) is 0. The molecule has 0 bridgehead atoms. The summed E-state index contributed by atoms with van der Waals surface area (Å²) in [5.41, 5.74) is -1.48. The quantitative estimate of drug-likeness (QED) is 0.303. The summed E-state index contributed by atoms with van der Waals surface area (Å²) in [5.74, 6) is 0. The van der Waals surface area contributed by atoms with Crippen molar-refractivity contribution in [2.75, 3.05) is 30.1 Å². The third-order valence-corrected chi connectivity index (χ3v) is 7.16. The van der Waals surface area contributed by atoms with Gasteiger partial charge < -0.3 is 14.4 Å². The van der Waals surface area contributed by atoms with Crippen LogP contribution in [0.3, 0.4) is 0 Å². The summed E-state index contributed by atoms with van der Waals surface area (Å²) in [4.78, 5) is 41.5. The van der Waals surface area contributed by atoms with Crippen molar-refractivity contribution < 1.29 is 50.2 Å². The highest BCUT2D eigenvalue weighted by atomic mass is 19.4. The topological polar surface area (TPSA) is 79.4 Å². The van der Waals surface area contributed by atoms with Crippen molar-refractivity contribution in [3.05, 3.63) is 58.1 Å². The molecular formula is C27H27F6N3O5. The van der Waals surface area contributed by atoms with Crippen LogP contribution in [0.4, 0.5) is 47.3 Å². The molecule has 0 fully saturated rings. The van der Waals surface area contributed by atoms with E-state index < -0.39 is 59.9 Å². The molecule has 0 saturated carbocycles. The van der Waals surface area contributed by atoms with Gasteiger partial charge in [-0.15, -0.1) is 0 Å². The Morgan fingerprint density at radius 1 is 1.02 bits per heavy atom. The Morgan fingerprint density at radius 2 is 1.66 bits per heavy atom. The largest absolute Gasteiger partial charge is 0.453 e. The highest BCUT2D eigenvalue weighted by molar-refractivity contribution is 5.92. The standard InChI is InChI=1S/C27H27F6N3O5/c1-4-41-25(39)36-15(2)7-22(20-12-21-17(10-23(20)36)5-6-34(21)14-37)35(24(38)40-3)13-16-8-18(26(28,29)30)11-19(9-16)27(31,32)33/h8-12,14-15,22H,4-7,13H2,1-3H3. The fourth-order valence-corrected chi connectivity index (χ4v) is 5.34. The van der Waals surface area contributed by atoms with Crippen LogP contribution in [0.1, 0.15) is 54.1 Å². The van der Waals surface area contributed by atoms with Crippen molar-refractivity contribution in [3.63, 3.8) is 0 Å². The number of ether oxygens (including phenoxy) is 2. The minimum absolute atomic E-state index is 0.0124. The molecule has 3 amide bonds. The summed E-state index contributed by atoms with van der Waals surface area (Å²) in [5, 5.41) is 0. The lowest BCUT2D eigenvalue weighted by Gasteiger charge is -2.43. The second kappa shape index (κ2) is 11.1. The Labute approximate surface area is 231 Å². The Balaban J connectivity index is 1.86.